The normalized spacial score (nSPS) is 33.6. The fourth-order valence-electron chi connectivity index (χ4n) is 4.24. The van der Waals surface area contributed by atoms with Crippen LogP contribution in [-0.2, 0) is 9.59 Å². The molecule has 1 saturated heterocycles. The van der Waals surface area contributed by atoms with E-state index in [4.69, 9.17) is 16.3 Å². The molecule has 4 aliphatic rings. The van der Waals surface area contributed by atoms with Crippen LogP contribution in [0.15, 0.2) is 18.2 Å². The Kier molecular flexibility index (Phi) is 4.76. The van der Waals surface area contributed by atoms with Gasteiger partial charge in [-0.2, -0.15) is 0 Å². The maximum absolute atomic E-state index is 13.4. The van der Waals surface area contributed by atoms with Crippen LogP contribution >= 0.6 is 23.5 Å². The van der Waals surface area contributed by atoms with Gasteiger partial charge >= 0.3 is 0 Å². The van der Waals surface area contributed by atoms with Gasteiger partial charge in [0.05, 0.1) is 11.1 Å². The number of halogens is 2. The predicted octanol–water partition coefficient (Wildman–Crippen LogP) is 2.16. The number of ether oxygens (including phenoxy) is 1. The molecular formula is C18H21ClFN3O3S. The molecule has 2 bridgehead atoms. The molecule has 4 fully saturated rings. The molecule has 3 saturated carbocycles. The van der Waals surface area contributed by atoms with E-state index in [2.05, 4.69) is 22.3 Å². The molecule has 1 aliphatic heterocycles. The molecule has 1 aromatic rings. The zero-order valence-corrected chi connectivity index (χ0v) is 16.4. The standard InChI is InChI=1S/C18H21ClFN3O3S/c1-10-4-14(23-27-10)16(25)22-18-7-17(8-18,9-18)21-15(24)6-26-11-2-3-12(19)13(20)5-11/h2-3,5,10,14,23H,4,6-9H2,1H3,(H,21,24)(H,22,25). The number of amides is 2. The molecule has 2 atom stereocenters. The van der Waals surface area contributed by atoms with Gasteiger partial charge in [-0.3, -0.25) is 14.3 Å². The average molecular weight is 414 g/mol. The van der Waals surface area contributed by atoms with Gasteiger partial charge in [-0.15, -0.1) is 0 Å². The Bertz CT molecular complexity index is 773. The summed E-state index contributed by atoms with van der Waals surface area (Å²) in [6, 6.07) is 3.91. The Labute approximate surface area is 166 Å². The number of benzene rings is 1. The third-order valence-electron chi connectivity index (χ3n) is 5.38. The zero-order valence-electron chi connectivity index (χ0n) is 14.8. The minimum atomic E-state index is -0.587. The summed E-state index contributed by atoms with van der Waals surface area (Å²) < 4.78 is 21.8. The maximum Gasteiger partial charge on any atom is 0.258 e. The van der Waals surface area contributed by atoms with E-state index < -0.39 is 5.82 Å². The predicted molar refractivity (Wildman–Crippen MR) is 101 cm³/mol. The van der Waals surface area contributed by atoms with Crippen molar-refractivity contribution in [2.75, 3.05) is 6.61 Å². The summed E-state index contributed by atoms with van der Waals surface area (Å²) in [4.78, 5) is 24.4. The highest BCUT2D eigenvalue weighted by Gasteiger charge is 2.69. The topological polar surface area (TPSA) is 79.5 Å². The third-order valence-corrected chi connectivity index (χ3v) is 6.70. The lowest BCUT2D eigenvalue weighted by molar-refractivity contribution is -0.151. The van der Waals surface area contributed by atoms with Crippen LogP contribution in [0.3, 0.4) is 0 Å². The summed E-state index contributed by atoms with van der Waals surface area (Å²) in [7, 11) is 0. The second-order valence-electron chi connectivity index (χ2n) is 7.83. The minimum Gasteiger partial charge on any atom is -0.484 e. The van der Waals surface area contributed by atoms with Crippen LogP contribution in [0.4, 0.5) is 4.39 Å². The summed E-state index contributed by atoms with van der Waals surface area (Å²) in [6.45, 7) is 1.90. The first-order valence-corrected chi connectivity index (χ1v) is 10.2. The minimum absolute atomic E-state index is 0.00821. The SMILES string of the molecule is CC1CC(C(=O)NC23CC(NC(=O)COc4ccc(Cl)c(F)c4)(C2)C3)NS1. The van der Waals surface area contributed by atoms with Crippen molar-refractivity contribution in [3.05, 3.63) is 29.0 Å². The fourth-order valence-corrected chi connectivity index (χ4v) is 5.24. The molecule has 3 N–H and O–H groups in total. The van der Waals surface area contributed by atoms with Gasteiger partial charge in [0, 0.05) is 22.4 Å². The van der Waals surface area contributed by atoms with Gasteiger partial charge < -0.3 is 15.4 Å². The number of hydrogen-bond acceptors (Lipinski definition) is 5. The quantitative estimate of drug-likeness (QED) is 0.623. The highest BCUT2D eigenvalue weighted by atomic mass is 35.5. The van der Waals surface area contributed by atoms with Crippen LogP contribution in [0.1, 0.15) is 32.6 Å². The highest BCUT2D eigenvalue weighted by molar-refractivity contribution is 7.98. The van der Waals surface area contributed by atoms with Crippen LogP contribution in [0.5, 0.6) is 5.75 Å². The van der Waals surface area contributed by atoms with Crippen molar-refractivity contribution in [1.29, 1.82) is 0 Å². The molecule has 0 radical (unpaired) electrons. The highest BCUT2D eigenvalue weighted by Crippen LogP contribution is 2.60. The monoisotopic (exact) mass is 413 g/mol. The largest absolute Gasteiger partial charge is 0.484 e. The van der Waals surface area contributed by atoms with Crippen molar-refractivity contribution >= 4 is 35.4 Å². The van der Waals surface area contributed by atoms with E-state index in [0.29, 0.717) is 5.25 Å². The Morgan fingerprint density at radius 3 is 2.67 bits per heavy atom. The second kappa shape index (κ2) is 6.83. The zero-order chi connectivity index (χ0) is 19.2. The average Bonchev–Trinajstić information content (AvgIpc) is 2.99. The van der Waals surface area contributed by atoms with Crippen molar-refractivity contribution in [3.8, 4) is 5.75 Å². The summed E-state index contributed by atoms with van der Waals surface area (Å²) in [5.41, 5.74) is -0.424. The van der Waals surface area contributed by atoms with Crippen molar-refractivity contribution in [2.45, 2.75) is 55.0 Å². The molecule has 6 nitrogen and oxygen atoms in total. The molecular weight excluding hydrogens is 393 g/mol. The van der Waals surface area contributed by atoms with Crippen LogP contribution in [0.2, 0.25) is 5.02 Å². The molecule has 2 unspecified atom stereocenters. The van der Waals surface area contributed by atoms with E-state index >= 15 is 0 Å². The lowest BCUT2D eigenvalue weighted by Crippen LogP contribution is -2.84. The first kappa shape index (κ1) is 18.8. The molecule has 1 aromatic carbocycles. The Hall–Kier alpha value is -1.51. The fraction of sp³-hybridized carbons (Fsp3) is 0.556. The summed E-state index contributed by atoms with van der Waals surface area (Å²) >= 11 is 7.21. The van der Waals surface area contributed by atoms with E-state index in [9.17, 15) is 14.0 Å². The molecule has 2 amide bonds. The molecule has 3 aliphatic carbocycles. The number of rotatable bonds is 6. The van der Waals surface area contributed by atoms with Gasteiger partial charge in [0.2, 0.25) is 5.91 Å². The van der Waals surface area contributed by atoms with Gasteiger partial charge in [-0.1, -0.05) is 30.5 Å². The van der Waals surface area contributed by atoms with Crippen LogP contribution in [0, 0.1) is 5.82 Å². The molecule has 5 rings (SSSR count). The lowest BCUT2D eigenvalue weighted by atomic mass is 9.44. The number of carbonyl (C=O) groups is 2. The van der Waals surface area contributed by atoms with Gasteiger partial charge in [-0.25, -0.2) is 4.39 Å². The molecule has 0 aromatic heterocycles. The van der Waals surface area contributed by atoms with Crippen molar-refractivity contribution < 1.29 is 18.7 Å². The summed E-state index contributed by atoms with van der Waals surface area (Å²) in [6.07, 6.45) is 3.05. The Morgan fingerprint density at radius 1 is 1.33 bits per heavy atom. The second-order valence-corrected chi connectivity index (χ2v) is 9.51. The first-order valence-electron chi connectivity index (χ1n) is 8.90. The van der Waals surface area contributed by atoms with Crippen LogP contribution in [-0.4, -0.2) is 40.8 Å². The Balaban J connectivity index is 1.20. The lowest BCUT2D eigenvalue weighted by Gasteiger charge is -2.70. The van der Waals surface area contributed by atoms with E-state index in [-0.39, 0.29) is 46.3 Å². The molecule has 9 heteroatoms. The first-order chi connectivity index (χ1) is 12.8. The molecule has 27 heavy (non-hydrogen) atoms. The van der Waals surface area contributed by atoms with E-state index in [1.807, 2.05) is 0 Å². The maximum atomic E-state index is 13.4. The smallest absolute Gasteiger partial charge is 0.258 e. The van der Waals surface area contributed by atoms with Crippen LogP contribution in [0.25, 0.3) is 0 Å². The number of nitrogens with one attached hydrogen (secondary N) is 3. The van der Waals surface area contributed by atoms with Gasteiger partial charge in [0.15, 0.2) is 6.61 Å². The summed E-state index contributed by atoms with van der Waals surface area (Å²) in [5.74, 6) is -0.548. The van der Waals surface area contributed by atoms with Crippen molar-refractivity contribution in [3.63, 3.8) is 0 Å². The van der Waals surface area contributed by atoms with Crippen LogP contribution < -0.4 is 20.1 Å². The van der Waals surface area contributed by atoms with Gasteiger partial charge in [-0.05, 0) is 37.8 Å². The number of hydrogen-bond donors (Lipinski definition) is 3. The number of carbonyl (C=O) groups excluding carboxylic acids is 2. The van der Waals surface area contributed by atoms with Gasteiger partial charge in [0.1, 0.15) is 11.6 Å². The van der Waals surface area contributed by atoms with Crippen molar-refractivity contribution in [1.82, 2.24) is 15.4 Å². The molecule has 1 heterocycles. The van der Waals surface area contributed by atoms with Crippen molar-refractivity contribution in [2.24, 2.45) is 0 Å². The third kappa shape index (κ3) is 3.75. The van der Waals surface area contributed by atoms with E-state index in [0.717, 1.165) is 31.7 Å². The Morgan fingerprint density at radius 2 is 2.04 bits per heavy atom. The van der Waals surface area contributed by atoms with E-state index in [1.165, 1.54) is 12.1 Å². The molecule has 0 spiro atoms. The molecule has 146 valence electrons. The van der Waals surface area contributed by atoms with E-state index in [1.54, 1.807) is 11.9 Å². The summed E-state index contributed by atoms with van der Waals surface area (Å²) in [5, 5.41) is 6.56. The van der Waals surface area contributed by atoms with Gasteiger partial charge in [0.25, 0.3) is 5.91 Å².